The first-order valence-corrected chi connectivity index (χ1v) is 5.21. The molecule has 1 rings (SSSR count). The molecule has 16 heavy (non-hydrogen) atoms. The molecular formula is C13H17NO2. The fourth-order valence-corrected chi connectivity index (χ4v) is 1.39. The van der Waals surface area contributed by atoms with Crippen molar-refractivity contribution in [2.45, 2.75) is 12.8 Å². The van der Waals surface area contributed by atoms with Crippen LogP contribution in [-0.4, -0.2) is 19.6 Å². The van der Waals surface area contributed by atoms with E-state index in [-0.39, 0.29) is 11.9 Å². The number of anilines is 1. The van der Waals surface area contributed by atoms with Gasteiger partial charge in [-0.2, -0.15) is 0 Å². The molecule has 0 aliphatic heterocycles. The maximum Gasteiger partial charge on any atom is 0.312 e. The normalized spacial score (nSPS) is 11.6. The summed E-state index contributed by atoms with van der Waals surface area (Å²) >= 11 is 0. The molecule has 3 heteroatoms. The Kier molecular flexibility index (Phi) is 4.58. The van der Waals surface area contributed by atoms with Crippen LogP contribution in [0, 0.1) is 0 Å². The fourth-order valence-electron chi connectivity index (χ4n) is 1.39. The predicted molar refractivity (Wildman–Crippen MR) is 65.6 cm³/mol. The number of nitrogens with one attached hydrogen (secondary N) is 1. The van der Waals surface area contributed by atoms with Crippen molar-refractivity contribution in [3.63, 3.8) is 0 Å². The van der Waals surface area contributed by atoms with Crippen LogP contribution >= 0.6 is 0 Å². The summed E-state index contributed by atoms with van der Waals surface area (Å²) < 4.78 is 4.69. The molecule has 1 atom stereocenters. The summed E-state index contributed by atoms with van der Waals surface area (Å²) in [5.41, 5.74) is 1.97. The summed E-state index contributed by atoms with van der Waals surface area (Å²) in [5.74, 6) is -0.440. The van der Waals surface area contributed by atoms with Crippen LogP contribution in [0.15, 0.2) is 36.9 Å². The molecule has 0 amide bonds. The average molecular weight is 219 g/mol. The molecule has 1 unspecified atom stereocenters. The van der Waals surface area contributed by atoms with Crippen LogP contribution in [0.4, 0.5) is 5.69 Å². The first-order chi connectivity index (χ1) is 7.69. The van der Waals surface area contributed by atoms with Gasteiger partial charge in [0.25, 0.3) is 0 Å². The van der Waals surface area contributed by atoms with Gasteiger partial charge in [0, 0.05) is 12.2 Å². The molecule has 0 spiro atoms. The van der Waals surface area contributed by atoms with Gasteiger partial charge in [-0.15, -0.1) is 6.58 Å². The second-order valence-corrected chi connectivity index (χ2v) is 3.54. The highest BCUT2D eigenvalue weighted by Gasteiger charge is 2.14. The maximum absolute atomic E-state index is 11.3. The van der Waals surface area contributed by atoms with Gasteiger partial charge >= 0.3 is 5.97 Å². The molecule has 1 aromatic carbocycles. The molecule has 0 fully saturated rings. The van der Waals surface area contributed by atoms with Crippen LogP contribution in [0.25, 0.3) is 0 Å². The summed E-state index contributed by atoms with van der Waals surface area (Å²) in [6.45, 7) is 6.19. The van der Waals surface area contributed by atoms with E-state index in [1.54, 1.807) is 6.08 Å². The minimum absolute atomic E-state index is 0.216. The van der Waals surface area contributed by atoms with Crippen molar-refractivity contribution < 1.29 is 9.53 Å². The maximum atomic E-state index is 11.3. The number of benzene rings is 1. The Morgan fingerprint density at radius 1 is 1.50 bits per heavy atom. The molecule has 0 aliphatic rings. The SMILES string of the molecule is C=CCNc1ccc(C(C)C(=O)OC)cc1. The van der Waals surface area contributed by atoms with E-state index >= 15 is 0 Å². The Morgan fingerprint density at radius 2 is 2.12 bits per heavy atom. The third-order valence-corrected chi connectivity index (χ3v) is 2.42. The Bertz CT molecular complexity index is 357. The smallest absolute Gasteiger partial charge is 0.312 e. The van der Waals surface area contributed by atoms with Gasteiger partial charge in [-0.25, -0.2) is 0 Å². The second-order valence-electron chi connectivity index (χ2n) is 3.54. The predicted octanol–water partition coefficient (Wildman–Crippen LogP) is 2.56. The largest absolute Gasteiger partial charge is 0.469 e. The van der Waals surface area contributed by atoms with Gasteiger partial charge in [0.15, 0.2) is 0 Å². The Morgan fingerprint density at radius 3 is 2.62 bits per heavy atom. The van der Waals surface area contributed by atoms with Gasteiger partial charge in [0.05, 0.1) is 13.0 Å². The molecule has 0 aromatic heterocycles. The third kappa shape index (κ3) is 3.12. The van der Waals surface area contributed by atoms with Crippen molar-refractivity contribution in [1.82, 2.24) is 0 Å². The number of esters is 1. The lowest BCUT2D eigenvalue weighted by molar-refractivity contribution is -0.141. The number of ether oxygens (including phenoxy) is 1. The first kappa shape index (κ1) is 12.3. The topological polar surface area (TPSA) is 38.3 Å². The summed E-state index contributed by atoms with van der Waals surface area (Å²) in [4.78, 5) is 11.3. The Hall–Kier alpha value is -1.77. The van der Waals surface area contributed by atoms with Crippen molar-refractivity contribution in [1.29, 1.82) is 0 Å². The van der Waals surface area contributed by atoms with E-state index in [9.17, 15) is 4.79 Å². The minimum atomic E-state index is -0.224. The van der Waals surface area contributed by atoms with Crippen LogP contribution in [-0.2, 0) is 9.53 Å². The van der Waals surface area contributed by atoms with Crippen LogP contribution < -0.4 is 5.32 Å². The van der Waals surface area contributed by atoms with E-state index in [2.05, 4.69) is 11.9 Å². The Labute approximate surface area is 96.1 Å². The number of methoxy groups -OCH3 is 1. The highest BCUT2D eigenvalue weighted by Crippen LogP contribution is 2.18. The lowest BCUT2D eigenvalue weighted by Crippen LogP contribution is -2.10. The number of hydrogen-bond donors (Lipinski definition) is 1. The van der Waals surface area contributed by atoms with E-state index in [1.807, 2.05) is 31.2 Å². The summed E-state index contributed by atoms with van der Waals surface area (Å²) in [6, 6.07) is 7.73. The van der Waals surface area contributed by atoms with Gasteiger partial charge in [0.1, 0.15) is 0 Å². The van der Waals surface area contributed by atoms with Crippen molar-refractivity contribution in [3.05, 3.63) is 42.5 Å². The van der Waals surface area contributed by atoms with Gasteiger partial charge in [-0.05, 0) is 24.6 Å². The minimum Gasteiger partial charge on any atom is -0.469 e. The highest BCUT2D eigenvalue weighted by molar-refractivity contribution is 5.77. The van der Waals surface area contributed by atoms with Crippen molar-refractivity contribution in [2.75, 3.05) is 19.0 Å². The van der Waals surface area contributed by atoms with E-state index in [4.69, 9.17) is 4.74 Å². The lowest BCUT2D eigenvalue weighted by atomic mass is 10.0. The second kappa shape index (κ2) is 5.95. The molecule has 0 aliphatic carbocycles. The lowest BCUT2D eigenvalue weighted by Gasteiger charge is -2.10. The molecular weight excluding hydrogens is 202 g/mol. The molecule has 0 saturated carbocycles. The summed E-state index contributed by atoms with van der Waals surface area (Å²) in [5, 5.41) is 3.17. The first-order valence-electron chi connectivity index (χ1n) is 5.21. The van der Waals surface area contributed by atoms with Crippen LogP contribution in [0.3, 0.4) is 0 Å². The number of carbonyl (C=O) groups is 1. The fraction of sp³-hybridized carbons (Fsp3) is 0.308. The molecule has 0 saturated heterocycles. The van der Waals surface area contributed by atoms with E-state index in [0.717, 1.165) is 17.8 Å². The zero-order chi connectivity index (χ0) is 12.0. The molecule has 0 bridgehead atoms. The van der Waals surface area contributed by atoms with Crippen molar-refractivity contribution >= 4 is 11.7 Å². The average Bonchev–Trinajstić information content (AvgIpc) is 2.35. The Balaban J connectivity index is 2.70. The van der Waals surface area contributed by atoms with Crippen LogP contribution in [0.2, 0.25) is 0 Å². The van der Waals surface area contributed by atoms with Gasteiger partial charge in [-0.3, -0.25) is 4.79 Å². The third-order valence-electron chi connectivity index (χ3n) is 2.42. The van der Waals surface area contributed by atoms with Crippen LogP contribution in [0.5, 0.6) is 0 Å². The monoisotopic (exact) mass is 219 g/mol. The van der Waals surface area contributed by atoms with Gasteiger partial charge < -0.3 is 10.1 Å². The molecule has 3 nitrogen and oxygen atoms in total. The molecule has 86 valence electrons. The number of carbonyl (C=O) groups excluding carboxylic acids is 1. The van der Waals surface area contributed by atoms with Crippen molar-refractivity contribution in [2.24, 2.45) is 0 Å². The van der Waals surface area contributed by atoms with Gasteiger partial charge in [0.2, 0.25) is 0 Å². The molecule has 0 heterocycles. The number of hydrogen-bond acceptors (Lipinski definition) is 3. The number of rotatable bonds is 5. The van der Waals surface area contributed by atoms with E-state index < -0.39 is 0 Å². The van der Waals surface area contributed by atoms with Crippen molar-refractivity contribution in [3.8, 4) is 0 Å². The zero-order valence-corrected chi connectivity index (χ0v) is 9.69. The van der Waals surface area contributed by atoms with Crippen LogP contribution in [0.1, 0.15) is 18.4 Å². The molecule has 1 N–H and O–H groups in total. The van der Waals surface area contributed by atoms with E-state index in [0.29, 0.717) is 0 Å². The zero-order valence-electron chi connectivity index (χ0n) is 9.69. The summed E-state index contributed by atoms with van der Waals surface area (Å²) in [6.07, 6.45) is 1.80. The standard InChI is InChI=1S/C13H17NO2/c1-4-9-14-12-7-5-11(6-8-12)10(2)13(15)16-3/h4-8,10,14H,1,9H2,2-3H3. The molecule has 1 aromatic rings. The van der Waals surface area contributed by atoms with Gasteiger partial charge in [-0.1, -0.05) is 18.2 Å². The highest BCUT2D eigenvalue weighted by atomic mass is 16.5. The quantitative estimate of drug-likeness (QED) is 0.611. The van der Waals surface area contributed by atoms with E-state index in [1.165, 1.54) is 7.11 Å². The molecule has 0 radical (unpaired) electrons. The summed E-state index contributed by atoms with van der Waals surface area (Å²) in [7, 11) is 1.40.